The second-order valence-electron chi connectivity index (χ2n) is 18.0. The van der Waals surface area contributed by atoms with Crippen LogP contribution in [-0.2, 0) is 45.8 Å². The number of nitrogens with one attached hydrogen (secondary N) is 1. The second kappa shape index (κ2) is 14.1. The minimum atomic E-state index is -2.31. The number of fused-ring (bicyclic) bond motifs is 6. The third kappa shape index (κ3) is 5.13. The minimum absolute atomic E-state index is 0.0295. The fourth-order valence-corrected chi connectivity index (χ4v) is 13.5. The Kier molecular flexibility index (Phi) is 9.54. The number of H-pyrrole nitrogens is 1. The molecule has 3 aromatic rings. The average molecular weight is 811 g/mol. The van der Waals surface area contributed by atoms with Crippen molar-refractivity contribution in [1.29, 1.82) is 0 Å². The summed E-state index contributed by atoms with van der Waals surface area (Å²) in [4.78, 5) is 53.2. The summed E-state index contributed by atoms with van der Waals surface area (Å²) in [5.74, 6) is -1.78. The molecule has 1 aliphatic carbocycles. The van der Waals surface area contributed by atoms with Gasteiger partial charge < -0.3 is 43.9 Å². The van der Waals surface area contributed by atoms with Gasteiger partial charge in [0.1, 0.15) is 11.2 Å². The van der Waals surface area contributed by atoms with Crippen molar-refractivity contribution in [1.82, 2.24) is 14.8 Å². The summed E-state index contributed by atoms with van der Waals surface area (Å²) < 4.78 is 23.9. The second-order valence-corrected chi connectivity index (χ2v) is 18.0. The molecule has 1 aromatic heterocycles. The van der Waals surface area contributed by atoms with E-state index in [0.717, 1.165) is 52.9 Å². The van der Waals surface area contributed by atoms with Crippen LogP contribution in [0.2, 0.25) is 0 Å². The van der Waals surface area contributed by atoms with Crippen LogP contribution >= 0.6 is 0 Å². The molecule has 13 nitrogen and oxygen atoms in total. The molecular formula is C46H58N4O9. The SMILES string of the molecule is CC[C@H]1CN2CCc3c([nH]c4ccccc34)[C@@](C(=O)OC)(c3cc4c(cc3OC)N(C)[C@H]3[C@@](O)(C(=O)OC)[C@H](OC(C)=O)[C@]5(CC)C=CCN6CC[C@]43[C@@H]65)C[C@@H](C2)[C@@H]1O. The van der Waals surface area contributed by atoms with E-state index in [1.165, 1.54) is 21.1 Å². The zero-order valence-electron chi connectivity index (χ0n) is 35.2. The number of carbonyl (C=O) groups is 3. The molecular weight excluding hydrogens is 753 g/mol. The smallest absolute Gasteiger partial charge is 0.344 e. The Hall–Kier alpha value is -4.43. The number of aromatic nitrogens is 1. The quantitative estimate of drug-likeness (QED) is 0.181. The molecule has 2 bridgehead atoms. The molecule has 3 fully saturated rings. The first kappa shape index (κ1) is 40.0. The molecule has 2 aromatic carbocycles. The number of carbonyl (C=O) groups excluding carboxylic acids is 3. The Bertz CT molecular complexity index is 2240. The van der Waals surface area contributed by atoms with Gasteiger partial charge >= 0.3 is 17.9 Å². The van der Waals surface area contributed by atoms with Gasteiger partial charge in [0.05, 0.1) is 33.5 Å². The Morgan fingerprint density at radius 2 is 1.75 bits per heavy atom. The molecule has 5 aliphatic heterocycles. The highest BCUT2D eigenvalue weighted by Gasteiger charge is 2.80. The normalized spacial score (nSPS) is 37.0. The van der Waals surface area contributed by atoms with E-state index in [-0.39, 0.29) is 24.3 Å². The van der Waals surface area contributed by atoms with E-state index >= 15 is 4.79 Å². The van der Waals surface area contributed by atoms with Gasteiger partial charge in [0, 0.05) is 90.9 Å². The lowest BCUT2D eigenvalue weighted by Crippen LogP contribution is -2.81. The van der Waals surface area contributed by atoms with Crippen molar-refractivity contribution in [3.05, 3.63) is 70.9 Å². The van der Waals surface area contributed by atoms with Gasteiger partial charge in [-0.25, -0.2) is 4.79 Å². The highest BCUT2D eigenvalue weighted by molar-refractivity contribution is 5.95. The number of aromatic amines is 1. The number of methoxy groups -OCH3 is 3. The number of esters is 3. The molecule has 13 heteroatoms. The van der Waals surface area contributed by atoms with Crippen molar-refractivity contribution in [2.45, 2.75) is 93.6 Å². The van der Waals surface area contributed by atoms with E-state index in [9.17, 15) is 19.8 Å². The zero-order chi connectivity index (χ0) is 41.8. The first-order valence-corrected chi connectivity index (χ1v) is 21.3. The highest BCUT2D eigenvalue weighted by Crippen LogP contribution is 2.68. The van der Waals surface area contributed by atoms with Crippen molar-refractivity contribution >= 4 is 34.5 Å². The molecule has 0 amide bonds. The number of para-hydroxylation sites is 1. The van der Waals surface area contributed by atoms with Gasteiger partial charge in [-0.3, -0.25) is 14.5 Å². The Morgan fingerprint density at radius 1 is 0.983 bits per heavy atom. The van der Waals surface area contributed by atoms with E-state index in [1.807, 2.05) is 49.2 Å². The number of hydrogen-bond acceptors (Lipinski definition) is 12. The Morgan fingerprint density at radius 3 is 2.44 bits per heavy atom. The predicted octanol–water partition coefficient (Wildman–Crippen LogP) is 3.85. The van der Waals surface area contributed by atoms with Crippen LogP contribution in [0.15, 0.2) is 48.6 Å². The molecule has 1 saturated carbocycles. The number of rotatable bonds is 7. The van der Waals surface area contributed by atoms with Gasteiger partial charge in [-0.1, -0.05) is 44.2 Å². The number of likely N-dealkylation sites (N-methyl/N-ethyl adjacent to an activating group) is 1. The predicted molar refractivity (Wildman–Crippen MR) is 220 cm³/mol. The molecule has 1 spiro atoms. The third-order valence-electron chi connectivity index (χ3n) is 15.7. The van der Waals surface area contributed by atoms with Crippen LogP contribution in [-0.4, -0.2) is 134 Å². The van der Waals surface area contributed by atoms with Crippen molar-refractivity contribution in [2.75, 3.05) is 66.0 Å². The van der Waals surface area contributed by atoms with Gasteiger partial charge in [-0.05, 0) is 73.7 Å². The first-order chi connectivity index (χ1) is 28.3. The van der Waals surface area contributed by atoms with Crippen LogP contribution < -0.4 is 9.64 Å². The third-order valence-corrected chi connectivity index (χ3v) is 15.7. The number of ether oxygens (including phenoxy) is 4. The number of benzene rings is 2. The van der Waals surface area contributed by atoms with Gasteiger partial charge in [0.2, 0.25) is 5.60 Å². The van der Waals surface area contributed by atoms with Gasteiger partial charge in [-0.15, -0.1) is 0 Å². The monoisotopic (exact) mass is 810 g/mol. The maximum absolute atomic E-state index is 15.3. The van der Waals surface area contributed by atoms with Crippen LogP contribution in [0.3, 0.4) is 0 Å². The van der Waals surface area contributed by atoms with Crippen molar-refractivity contribution in [3.8, 4) is 5.75 Å². The molecule has 59 heavy (non-hydrogen) atoms. The van der Waals surface area contributed by atoms with Crippen LogP contribution in [0.5, 0.6) is 5.75 Å². The standard InChI is InChI=1S/C46H58N4O9/c1-8-27-24-49-19-15-30-29-13-10-11-14-33(29)47-37(30)45(41(53)57-6,23-28(25-49)36(27)52)32-21-31-34(22-35(32)56-5)48(4)39-44(31)17-20-50-18-12-16-43(9-2,38(44)50)40(59-26(3)51)46(39,55)42(54)58-7/h10-14,16,21-22,27-28,36,38-40,47,52,55H,8-9,15,17-20,23-25H2,1-7H3/t27-,28-,36+,38-,39+,40+,43+,44+,45-,46-/m0/s1. The average Bonchev–Trinajstić information content (AvgIpc) is 3.91. The molecule has 1 unspecified atom stereocenters. The zero-order valence-corrected chi connectivity index (χ0v) is 35.2. The molecule has 2 saturated heterocycles. The van der Waals surface area contributed by atoms with Crippen molar-refractivity contribution in [3.63, 3.8) is 0 Å². The van der Waals surface area contributed by atoms with Gasteiger partial charge in [-0.2, -0.15) is 0 Å². The Balaban J connectivity index is 1.37. The minimum Gasteiger partial charge on any atom is -0.496 e. The lowest BCUT2D eigenvalue weighted by molar-refractivity contribution is -0.228. The topological polar surface area (TPSA) is 154 Å². The Labute approximate surface area is 345 Å². The molecule has 0 radical (unpaired) electrons. The lowest BCUT2D eigenvalue weighted by Gasteiger charge is -2.63. The van der Waals surface area contributed by atoms with E-state index in [4.69, 9.17) is 18.9 Å². The summed E-state index contributed by atoms with van der Waals surface area (Å²) in [6, 6.07) is 10.9. The largest absolute Gasteiger partial charge is 0.496 e. The van der Waals surface area contributed by atoms with Gasteiger partial charge in [0.15, 0.2) is 6.10 Å². The number of aliphatic hydroxyl groups is 2. The number of piperidine rings is 1. The maximum Gasteiger partial charge on any atom is 0.344 e. The summed E-state index contributed by atoms with van der Waals surface area (Å²) >= 11 is 0. The van der Waals surface area contributed by atoms with E-state index in [0.29, 0.717) is 50.2 Å². The fourth-order valence-electron chi connectivity index (χ4n) is 13.5. The molecule has 3 N–H and O–H groups in total. The number of aliphatic hydroxyl groups excluding tert-OH is 1. The molecule has 9 rings (SSSR count). The van der Waals surface area contributed by atoms with E-state index in [1.54, 1.807) is 7.11 Å². The van der Waals surface area contributed by atoms with Crippen LogP contribution in [0, 0.1) is 17.3 Å². The molecule has 6 aliphatic rings. The van der Waals surface area contributed by atoms with E-state index in [2.05, 4.69) is 39.9 Å². The summed E-state index contributed by atoms with van der Waals surface area (Å²) in [6.07, 6.45) is 4.91. The lowest BCUT2D eigenvalue weighted by atomic mass is 9.47. The summed E-state index contributed by atoms with van der Waals surface area (Å²) in [7, 11) is 6.13. The number of nitrogens with zero attached hydrogens (tertiary/aromatic N) is 3. The van der Waals surface area contributed by atoms with Crippen LogP contribution in [0.25, 0.3) is 10.9 Å². The molecule has 316 valence electrons. The highest BCUT2D eigenvalue weighted by atomic mass is 16.6. The molecule has 11 atom stereocenters. The molecule has 6 heterocycles. The van der Waals surface area contributed by atoms with Crippen molar-refractivity contribution < 1.29 is 43.5 Å². The van der Waals surface area contributed by atoms with Crippen molar-refractivity contribution in [2.24, 2.45) is 17.3 Å². The number of hydrogen-bond donors (Lipinski definition) is 3. The fraction of sp³-hybridized carbons (Fsp3) is 0.587. The summed E-state index contributed by atoms with van der Waals surface area (Å²) in [5, 5.41) is 26.5. The maximum atomic E-state index is 15.3. The summed E-state index contributed by atoms with van der Waals surface area (Å²) in [6.45, 7) is 8.89. The van der Waals surface area contributed by atoms with Crippen LogP contribution in [0.1, 0.15) is 68.8 Å². The van der Waals surface area contributed by atoms with E-state index < -0.39 is 58.0 Å². The van der Waals surface area contributed by atoms with Gasteiger partial charge in [0.25, 0.3) is 0 Å². The first-order valence-electron chi connectivity index (χ1n) is 21.3. The van der Waals surface area contributed by atoms with Crippen LogP contribution in [0.4, 0.5) is 5.69 Å². The summed E-state index contributed by atoms with van der Waals surface area (Å²) in [5.41, 5.74) is -0.857. The number of anilines is 1.